The van der Waals surface area contributed by atoms with Crippen LogP contribution in [0.3, 0.4) is 0 Å². The Kier molecular flexibility index (Phi) is 6.43. The predicted molar refractivity (Wildman–Crippen MR) is 121 cm³/mol. The van der Waals surface area contributed by atoms with Crippen LogP contribution >= 0.6 is 0 Å². The number of piperazine rings is 1. The topological polar surface area (TPSA) is 70.6 Å². The predicted octanol–water partition coefficient (Wildman–Crippen LogP) is 3.30. The Morgan fingerprint density at radius 2 is 1.71 bits per heavy atom. The lowest BCUT2D eigenvalue weighted by Crippen LogP contribution is -2.50. The summed E-state index contributed by atoms with van der Waals surface area (Å²) in [6, 6.07) is 17.5. The summed E-state index contributed by atoms with van der Waals surface area (Å²) in [5.41, 5.74) is 2.96. The Balaban J connectivity index is 1.50. The molecule has 1 amide bonds. The second-order valence-corrected chi connectivity index (χ2v) is 7.61. The number of ether oxygens (including phenoxy) is 1. The van der Waals surface area contributed by atoms with Gasteiger partial charge >= 0.3 is 0 Å². The summed E-state index contributed by atoms with van der Waals surface area (Å²) in [5, 5.41) is 3.09. The molecule has 0 radical (unpaired) electrons. The van der Waals surface area contributed by atoms with Gasteiger partial charge in [0, 0.05) is 31.9 Å². The monoisotopic (exact) mass is 417 g/mol. The van der Waals surface area contributed by atoms with Gasteiger partial charge in [-0.3, -0.25) is 14.7 Å². The molecule has 7 heteroatoms. The van der Waals surface area contributed by atoms with Gasteiger partial charge < -0.3 is 15.0 Å². The molecule has 1 aromatic heterocycles. The van der Waals surface area contributed by atoms with Crippen molar-refractivity contribution in [2.75, 3.05) is 43.5 Å². The third-order valence-corrected chi connectivity index (χ3v) is 5.50. The quantitative estimate of drug-likeness (QED) is 0.664. The van der Waals surface area contributed by atoms with E-state index in [0.717, 1.165) is 48.8 Å². The molecule has 0 bridgehead atoms. The molecule has 3 aromatic rings. The van der Waals surface area contributed by atoms with Crippen LogP contribution in [0.5, 0.6) is 5.88 Å². The minimum atomic E-state index is -0.360. The minimum Gasteiger partial charge on any atom is -0.480 e. The molecule has 1 saturated heterocycles. The number of aromatic nitrogens is 2. The van der Waals surface area contributed by atoms with Crippen LogP contribution in [-0.2, 0) is 4.79 Å². The number of carbonyl (C=O) groups excluding carboxylic acids is 1. The first-order chi connectivity index (χ1) is 15.1. The molecule has 2 aromatic carbocycles. The number of anilines is 2. The zero-order chi connectivity index (χ0) is 21.6. The molecule has 1 aliphatic rings. The van der Waals surface area contributed by atoms with Gasteiger partial charge in [0.2, 0.25) is 11.8 Å². The number of methoxy groups -OCH3 is 1. The second kappa shape index (κ2) is 9.57. The van der Waals surface area contributed by atoms with Crippen LogP contribution < -0.4 is 15.0 Å². The third kappa shape index (κ3) is 5.00. The van der Waals surface area contributed by atoms with Crippen LogP contribution in [0.15, 0.2) is 67.0 Å². The summed E-state index contributed by atoms with van der Waals surface area (Å²) in [4.78, 5) is 26.4. The lowest BCUT2D eigenvalue weighted by Gasteiger charge is -2.39. The van der Waals surface area contributed by atoms with Gasteiger partial charge in [-0.05, 0) is 24.6 Å². The lowest BCUT2D eigenvalue weighted by molar-refractivity contribution is -0.121. The fourth-order valence-corrected chi connectivity index (χ4v) is 3.81. The Morgan fingerprint density at radius 1 is 1.00 bits per heavy atom. The number of amides is 1. The molecular weight excluding hydrogens is 390 g/mol. The molecule has 0 aliphatic carbocycles. The van der Waals surface area contributed by atoms with E-state index in [-0.39, 0.29) is 11.9 Å². The van der Waals surface area contributed by atoms with Gasteiger partial charge in [-0.25, -0.2) is 0 Å². The van der Waals surface area contributed by atoms with Gasteiger partial charge in [0.25, 0.3) is 0 Å². The molecule has 1 atom stereocenters. The van der Waals surface area contributed by atoms with Crippen molar-refractivity contribution in [2.24, 2.45) is 0 Å². The summed E-state index contributed by atoms with van der Waals surface area (Å²) in [6.45, 7) is 5.01. The summed E-state index contributed by atoms with van der Waals surface area (Å²) in [6.07, 6.45) is 3.34. The molecule has 1 aliphatic heterocycles. The maximum atomic E-state index is 13.3. The van der Waals surface area contributed by atoms with Crippen LogP contribution in [0.4, 0.5) is 11.5 Å². The van der Waals surface area contributed by atoms with E-state index >= 15 is 0 Å². The van der Waals surface area contributed by atoms with E-state index < -0.39 is 0 Å². The van der Waals surface area contributed by atoms with Gasteiger partial charge in [-0.15, -0.1) is 0 Å². The molecule has 31 heavy (non-hydrogen) atoms. The SMILES string of the molecule is COc1cncc(N2CCN(C(C(=O)Nc3ccc(C)cc3)c3ccccc3)CC2)n1. The third-order valence-electron chi connectivity index (χ3n) is 5.50. The molecule has 7 nitrogen and oxygen atoms in total. The van der Waals surface area contributed by atoms with Crippen LogP contribution in [-0.4, -0.2) is 54.1 Å². The fraction of sp³-hybridized carbons (Fsp3) is 0.292. The van der Waals surface area contributed by atoms with Crippen LogP contribution in [0.1, 0.15) is 17.2 Å². The van der Waals surface area contributed by atoms with Gasteiger partial charge in [0.15, 0.2) is 5.82 Å². The lowest BCUT2D eigenvalue weighted by atomic mass is 10.0. The van der Waals surface area contributed by atoms with Crippen LogP contribution in [0.25, 0.3) is 0 Å². The first kappa shape index (κ1) is 20.8. The highest BCUT2D eigenvalue weighted by molar-refractivity contribution is 5.95. The average molecular weight is 418 g/mol. The zero-order valence-electron chi connectivity index (χ0n) is 17.9. The van der Waals surface area contributed by atoms with E-state index in [0.29, 0.717) is 5.88 Å². The maximum absolute atomic E-state index is 13.3. The fourth-order valence-electron chi connectivity index (χ4n) is 3.81. The number of rotatable bonds is 6. The largest absolute Gasteiger partial charge is 0.480 e. The molecule has 4 rings (SSSR count). The van der Waals surface area contributed by atoms with Crippen molar-refractivity contribution < 1.29 is 9.53 Å². The highest BCUT2D eigenvalue weighted by Gasteiger charge is 2.31. The molecule has 160 valence electrons. The van der Waals surface area contributed by atoms with Gasteiger partial charge in [-0.2, -0.15) is 4.98 Å². The Labute approximate surface area is 182 Å². The van der Waals surface area contributed by atoms with Crippen LogP contribution in [0, 0.1) is 6.92 Å². The summed E-state index contributed by atoms with van der Waals surface area (Å²) in [7, 11) is 1.59. The zero-order valence-corrected chi connectivity index (χ0v) is 17.9. The van der Waals surface area contributed by atoms with Crippen molar-refractivity contribution in [3.63, 3.8) is 0 Å². The summed E-state index contributed by atoms with van der Waals surface area (Å²) < 4.78 is 5.19. The van der Waals surface area contributed by atoms with Crippen molar-refractivity contribution >= 4 is 17.4 Å². The van der Waals surface area contributed by atoms with E-state index in [1.54, 1.807) is 19.5 Å². The van der Waals surface area contributed by atoms with Crippen molar-refractivity contribution in [3.05, 3.63) is 78.1 Å². The van der Waals surface area contributed by atoms with E-state index in [9.17, 15) is 4.79 Å². The number of hydrogen-bond acceptors (Lipinski definition) is 6. The standard InChI is InChI=1S/C24H27N5O2/c1-18-8-10-20(11-9-18)26-24(30)23(19-6-4-3-5-7-19)29-14-12-28(13-15-29)21-16-25-17-22(27-21)31-2/h3-11,16-17,23H,12-15H2,1-2H3,(H,26,30). The number of nitrogens with zero attached hydrogens (tertiary/aromatic N) is 4. The molecular formula is C24H27N5O2. The molecule has 1 unspecified atom stereocenters. The molecule has 0 spiro atoms. The maximum Gasteiger partial charge on any atom is 0.246 e. The molecule has 1 fully saturated rings. The highest BCUT2D eigenvalue weighted by atomic mass is 16.5. The molecule has 1 N–H and O–H groups in total. The smallest absolute Gasteiger partial charge is 0.246 e. The van der Waals surface area contributed by atoms with E-state index in [4.69, 9.17) is 4.74 Å². The van der Waals surface area contributed by atoms with E-state index in [1.807, 2.05) is 61.5 Å². The number of aryl methyl sites for hydroxylation is 1. The Bertz CT molecular complexity index is 1000. The second-order valence-electron chi connectivity index (χ2n) is 7.61. The van der Waals surface area contributed by atoms with E-state index in [1.165, 1.54) is 0 Å². The van der Waals surface area contributed by atoms with Gasteiger partial charge in [-0.1, -0.05) is 48.0 Å². The Morgan fingerprint density at radius 3 is 2.39 bits per heavy atom. The van der Waals surface area contributed by atoms with Crippen LogP contribution in [0.2, 0.25) is 0 Å². The van der Waals surface area contributed by atoms with Crippen molar-refractivity contribution in [1.82, 2.24) is 14.9 Å². The minimum absolute atomic E-state index is 0.0234. The number of carbonyl (C=O) groups is 1. The average Bonchev–Trinajstić information content (AvgIpc) is 2.82. The van der Waals surface area contributed by atoms with Gasteiger partial charge in [0.1, 0.15) is 6.04 Å². The number of nitrogens with one attached hydrogen (secondary N) is 1. The van der Waals surface area contributed by atoms with Crippen molar-refractivity contribution in [2.45, 2.75) is 13.0 Å². The first-order valence-corrected chi connectivity index (χ1v) is 10.4. The van der Waals surface area contributed by atoms with Gasteiger partial charge in [0.05, 0.1) is 19.5 Å². The van der Waals surface area contributed by atoms with Crippen molar-refractivity contribution in [3.8, 4) is 5.88 Å². The van der Waals surface area contributed by atoms with E-state index in [2.05, 4.69) is 25.1 Å². The first-order valence-electron chi connectivity index (χ1n) is 10.4. The van der Waals surface area contributed by atoms with Crippen molar-refractivity contribution in [1.29, 1.82) is 0 Å². The number of hydrogen-bond donors (Lipinski definition) is 1. The summed E-state index contributed by atoms with van der Waals surface area (Å²) >= 11 is 0. The number of benzene rings is 2. The molecule has 2 heterocycles. The normalized spacial score (nSPS) is 15.4. The summed E-state index contributed by atoms with van der Waals surface area (Å²) in [5.74, 6) is 1.27. The highest BCUT2D eigenvalue weighted by Crippen LogP contribution is 2.26. The Hall–Kier alpha value is -3.45. The molecule has 0 saturated carbocycles.